The van der Waals surface area contributed by atoms with Gasteiger partial charge in [0.15, 0.2) is 0 Å². The summed E-state index contributed by atoms with van der Waals surface area (Å²) in [5.41, 5.74) is 5.98. The van der Waals surface area contributed by atoms with E-state index in [9.17, 15) is 0 Å². The molecular weight excluding hydrogens is 310 g/mol. The first-order valence-corrected chi connectivity index (χ1v) is 8.45. The van der Waals surface area contributed by atoms with Crippen molar-refractivity contribution in [3.8, 4) is 23.4 Å². The molecular formula is C21H17N3O. The van der Waals surface area contributed by atoms with Gasteiger partial charge in [0, 0.05) is 30.6 Å². The predicted molar refractivity (Wildman–Crippen MR) is 95.1 cm³/mol. The second-order valence-corrected chi connectivity index (χ2v) is 6.68. The van der Waals surface area contributed by atoms with Crippen LogP contribution in [0.5, 0.6) is 0 Å². The molecule has 0 atom stereocenters. The lowest BCUT2D eigenvalue weighted by Gasteiger charge is -2.34. The van der Waals surface area contributed by atoms with Crippen molar-refractivity contribution in [3.63, 3.8) is 0 Å². The van der Waals surface area contributed by atoms with Crippen molar-refractivity contribution in [3.05, 3.63) is 59.2 Å². The Labute approximate surface area is 147 Å². The van der Waals surface area contributed by atoms with Crippen LogP contribution >= 0.6 is 0 Å². The Morgan fingerprint density at radius 2 is 1.80 bits per heavy atom. The molecule has 4 rings (SSSR count). The molecule has 2 aromatic carbocycles. The largest absolute Gasteiger partial charge is 0.381 e. The van der Waals surface area contributed by atoms with Crippen molar-refractivity contribution >= 4 is 5.71 Å². The van der Waals surface area contributed by atoms with Crippen LogP contribution in [-0.2, 0) is 10.2 Å². The zero-order valence-corrected chi connectivity index (χ0v) is 13.8. The molecule has 1 saturated heterocycles. The summed E-state index contributed by atoms with van der Waals surface area (Å²) in [6.45, 7) is 1.51. The summed E-state index contributed by atoms with van der Waals surface area (Å²) in [4.78, 5) is 4.11. The Bertz CT molecular complexity index is 940. The smallest absolute Gasteiger partial charge is 0.205 e. The van der Waals surface area contributed by atoms with Gasteiger partial charge in [-0.05, 0) is 47.7 Å². The highest BCUT2D eigenvalue weighted by Crippen LogP contribution is 2.47. The van der Waals surface area contributed by atoms with Gasteiger partial charge in [-0.1, -0.05) is 24.3 Å². The summed E-state index contributed by atoms with van der Waals surface area (Å²) in [5, 5.41) is 18.2. The van der Waals surface area contributed by atoms with E-state index in [1.807, 2.05) is 24.4 Å². The Morgan fingerprint density at radius 3 is 2.56 bits per heavy atom. The highest BCUT2D eigenvalue weighted by molar-refractivity contribution is 6.07. The maximum absolute atomic E-state index is 9.12. The fourth-order valence-corrected chi connectivity index (χ4v) is 4.07. The van der Waals surface area contributed by atoms with Crippen LogP contribution in [0.3, 0.4) is 0 Å². The zero-order chi connectivity index (χ0) is 17.3. The highest BCUT2D eigenvalue weighted by Gasteiger charge is 2.43. The molecule has 4 heteroatoms. The lowest BCUT2D eigenvalue weighted by atomic mass is 9.75. The minimum absolute atomic E-state index is 0.0519. The topological polar surface area (TPSA) is 69.2 Å². The molecule has 0 aromatic heterocycles. The molecule has 1 spiro atoms. The lowest BCUT2D eigenvalue weighted by Crippen LogP contribution is -2.31. The van der Waals surface area contributed by atoms with Crippen LogP contribution in [0.4, 0.5) is 0 Å². The van der Waals surface area contributed by atoms with Gasteiger partial charge < -0.3 is 4.74 Å². The zero-order valence-electron chi connectivity index (χ0n) is 13.8. The molecule has 2 aliphatic rings. The van der Waals surface area contributed by atoms with E-state index in [2.05, 4.69) is 29.3 Å². The third kappa shape index (κ3) is 2.61. The van der Waals surface area contributed by atoms with Crippen LogP contribution in [0.1, 0.15) is 36.0 Å². The van der Waals surface area contributed by atoms with E-state index in [-0.39, 0.29) is 5.41 Å². The van der Waals surface area contributed by atoms with Crippen LogP contribution in [-0.4, -0.2) is 18.9 Å². The van der Waals surface area contributed by atoms with Crippen LogP contribution in [0, 0.1) is 22.8 Å². The van der Waals surface area contributed by atoms with Gasteiger partial charge in [0.25, 0.3) is 0 Å². The summed E-state index contributed by atoms with van der Waals surface area (Å²) in [6.07, 6.45) is 4.70. The second-order valence-electron chi connectivity index (χ2n) is 6.68. The lowest BCUT2D eigenvalue weighted by molar-refractivity contribution is 0.0541. The number of nitriles is 2. The molecule has 122 valence electrons. The average molecular weight is 327 g/mol. The van der Waals surface area contributed by atoms with Gasteiger partial charge in [-0.2, -0.15) is 15.5 Å². The number of ether oxygens (including phenoxy) is 1. The number of aliphatic imine (C=N–C) groups is 1. The summed E-state index contributed by atoms with van der Waals surface area (Å²) in [5.74, 6) is 0. The number of hydrogen-bond acceptors (Lipinski definition) is 4. The Hall–Kier alpha value is -2.95. The molecule has 1 heterocycles. The van der Waals surface area contributed by atoms with E-state index < -0.39 is 0 Å². The first-order chi connectivity index (χ1) is 12.3. The van der Waals surface area contributed by atoms with E-state index in [0.29, 0.717) is 5.56 Å². The fraction of sp³-hybridized carbons (Fsp3) is 0.286. The second kappa shape index (κ2) is 6.16. The third-order valence-electron chi connectivity index (χ3n) is 5.37. The number of rotatable bonds is 1. The van der Waals surface area contributed by atoms with Crippen molar-refractivity contribution < 1.29 is 4.74 Å². The summed E-state index contributed by atoms with van der Waals surface area (Å²) < 4.78 is 5.55. The average Bonchev–Trinajstić information content (AvgIpc) is 2.95. The van der Waals surface area contributed by atoms with Crippen molar-refractivity contribution in [2.75, 3.05) is 13.2 Å². The van der Waals surface area contributed by atoms with Crippen molar-refractivity contribution in [2.24, 2.45) is 4.99 Å². The monoisotopic (exact) mass is 327 g/mol. The molecule has 4 nitrogen and oxygen atoms in total. The molecule has 0 radical (unpaired) electrons. The highest BCUT2D eigenvalue weighted by atomic mass is 16.5. The Kier molecular flexibility index (Phi) is 3.84. The number of hydrogen-bond donors (Lipinski definition) is 0. The van der Waals surface area contributed by atoms with Gasteiger partial charge in [-0.25, -0.2) is 0 Å². The van der Waals surface area contributed by atoms with E-state index in [4.69, 9.17) is 15.3 Å². The maximum atomic E-state index is 9.12. The first kappa shape index (κ1) is 15.6. The van der Waals surface area contributed by atoms with Crippen LogP contribution in [0.15, 0.2) is 47.5 Å². The van der Waals surface area contributed by atoms with E-state index in [0.717, 1.165) is 54.9 Å². The summed E-state index contributed by atoms with van der Waals surface area (Å²) >= 11 is 0. The van der Waals surface area contributed by atoms with Gasteiger partial charge in [0.2, 0.25) is 6.19 Å². The number of fused-ring (bicyclic) bond motifs is 2. The van der Waals surface area contributed by atoms with Gasteiger partial charge in [0.05, 0.1) is 17.3 Å². The van der Waals surface area contributed by atoms with Gasteiger partial charge in [-0.15, -0.1) is 0 Å². The SMILES string of the molecule is N#C/N=C1/CC2(CCOCC2)c2ccc(-c3cccc(C#N)c3)cc21. The molecule has 0 bridgehead atoms. The molecule has 1 aliphatic heterocycles. The molecule has 0 N–H and O–H groups in total. The molecule has 2 aromatic rings. The first-order valence-electron chi connectivity index (χ1n) is 8.45. The van der Waals surface area contributed by atoms with Gasteiger partial charge in [-0.3, -0.25) is 0 Å². The van der Waals surface area contributed by atoms with Crippen LogP contribution < -0.4 is 0 Å². The minimum atomic E-state index is 0.0519. The van der Waals surface area contributed by atoms with Crippen molar-refractivity contribution in [1.82, 2.24) is 0 Å². The van der Waals surface area contributed by atoms with Gasteiger partial charge in [0.1, 0.15) is 0 Å². The molecule has 1 aliphatic carbocycles. The molecule has 25 heavy (non-hydrogen) atoms. The number of nitrogens with zero attached hydrogens (tertiary/aromatic N) is 3. The predicted octanol–water partition coefficient (Wildman–Crippen LogP) is 3.95. The third-order valence-corrected chi connectivity index (χ3v) is 5.37. The summed E-state index contributed by atoms with van der Waals surface area (Å²) in [7, 11) is 0. The van der Waals surface area contributed by atoms with E-state index in [1.165, 1.54) is 5.56 Å². The van der Waals surface area contributed by atoms with E-state index in [1.54, 1.807) is 6.07 Å². The van der Waals surface area contributed by atoms with Crippen LogP contribution in [0.25, 0.3) is 11.1 Å². The molecule has 1 fully saturated rings. The standard InChI is InChI=1S/C21H17N3O/c22-13-15-2-1-3-16(10-15)17-4-5-19-18(11-17)20(24-14-23)12-21(19)6-8-25-9-7-21/h1-5,10-11H,6-9,12H2/b24-20-. The Morgan fingerprint density at radius 1 is 1.00 bits per heavy atom. The van der Waals surface area contributed by atoms with Crippen molar-refractivity contribution in [1.29, 1.82) is 10.5 Å². The molecule has 0 amide bonds. The fourth-order valence-electron chi connectivity index (χ4n) is 4.07. The molecule has 0 unspecified atom stereocenters. The summed E-state index contributed by atoms with van der Waals surface area (Å²) in [6, 6.07) is 16.2. The quantitative estimate of drug-likeness (QED) is 0.745. The normalized spacial score (nSPS) is 19.4. The number of benzene rings is 2. The van der Waals surface area contributed by atoms with Gasteiger partial charge >= 0.3 is 0 Å². The van der Waals surface area contributed by atoms with Crippen LogP contribution in [0.2, 0.25) is 0 Å². The van der Waals surface area contributed by atoms with Crippen molar-refractivity contribution in [2.45, 2.75) is 24.7 Å². The minimum Gasteiger partial charge on any atom is -0.381 e. The molecule has 0 saturated carbocycles. The maximum Gasteiger partial charge on any atom is 0.205 e. The Balaban J connectivity index is 1.83. The van der Waals surface area contributed by atoms with E-state index >= 15 is 0 Å².